The van der Waals surface area contributed by atoms with E-state index < -0.39 is 0 Å². The van der Waals surface area contributed by atoms with E-state index >= 15 is 0 Å². The fourth-order valence-corrected chi connectivity index (χ4v) is 7.34. The number of para-hydroxylation sites is 2. The Morgan fingerprint density at radius 3 is 1.62 bits per heavy atom. The highest BCUT2D eigenvalue weighted by Gasteiger charge is 2.13. The first-order chi connectivity index (χ1) is 19.3. The summed E-state index contributed by atoms with van der Waals surface area (Å²) < 4.78 is 5.12. The molecule has 0 spiro atoms. The van der Waals surface area contributed by atoms with Crippen LogP contribution in [-0.4, -0.2) is 4.57 Å². The van der Waals surface area contributed by atoms with Crippen LogP contribution in [0.25, 0.3) is 69.9 Å². The Bertz CT molecular complexity index is 2110. The molecule has 0 unspecified atom stereocenters. The van der Waals surface area contributed by atoms with E-state index in [1.807, 2.05) is 11.3 Å². The van der Waals surface area contributed by atoms with Gasteiger partial charge in [-0.2, -0.15) is 0 Å². The van der Waals surface area contributed by atoms with Gasteiger partial charge in [0.25, 0.3) is 0 Å². The maximum absolute atomic E-state index is 2.37. The first-order valence-electron chi connectivity index (χ1n) is 13.4. The van der Waals surface area contributed by atoms with Crippen LogP contribution in [0.4, 0.5) is 0 Å². The van der Waals surface area contributed by atoms with Crippen molar-refractivity contribution in [3.63, 3.8) is 0 Å². The van der Waals surface area contributed by atoms with Crippen molar-refractivity contribution < 1.29 is 0 Å². The quantitative estimate of drug-likeness (QED) is 0.220. The lowest BCUT2D eigenvalue weighted by atomic mass is 9.99. The molecule has 0 bridgehead atoms. The van der Waals surface area contributed by atoms with Gasteiger partial charge in [-0.15, -0.1) is 11.3 Å². The van der Waals surface area contributed by atoms with Crippen LogP contribution in [0.1, 0.15) is 5.56 Å². The zero-order valence-corrected chi connectivity index (χ0v) is 22.4. The third-order valence-corrected chi connectivity index (χ3v) is 9.35. The summed E-state index contributed by atoms with van der Waals surface area (Å²) in [5, 5.41) is 5.28. The minimum atomic E-state index is 1.18. The molecule has 0 aliphatic rings. The van der Waals surface area contributed by atoms with Gasteiger partial charge in [0.15, 0.2) is 0 Å². The molecule has 8 aromatic rings. The minimum absolute atomic E-state index is 1.18. The standard InChI is InChI=1S/C37H25NS/c1-24-8-6-12-32-33-13-7-11-29(37(33)39-36(24)32)27-18-16-25(17-19-27)26-20-22-28(23-21-26)38-34-14-4-2-9-30(34)31-10-3-5-15-35(31)38/h2-23H,1H3. The fraction of sp³-hybridized carbons (Fsp3) is 0.0270. The molecule has 184 valence electrons. The topological polar surface area (TPSA) is 4.93 Å². The lowest BCUT2D eigenvalue weighted by Gasteiger charge is -2.10. The van der Waals surface area contributed by atoms with Crippen molar-refractivity contribution in [1.29, 1.82) is 0 Å². The van der Waals surface area contributed by atoms with Crippen LogP contribution in [0.5, 0.6) is 0 Å². The number of aromatic nitrogens is 1. The van der Waals surface area contributed by atoms with Crippen molar-refractivity contribution in [1.82, 2.24) is 4.57 Å². The second-order valence-corrected chi connectivity index (χ2v) is 11.3. The van der Waals surface area contributed by atoms with Gasteiger partial charge in [-0.1, -0.05) is 109 Å². The van der Waals surface area contributed by atoms with Gasteiger partial charge in [0, 0.05) is 36.6 Å². The maximum Gasteiger partial charge on any atom is 0.0541 e. The van der Waals surface area contributed by atoms with E-state index in [1.165, 1.54) is 75.5 Å². The summed E-state index contributed by atoms with van der Waals surface area (Å²) in [7, 11) is 0. The molecule has 0 amide bonds. The normalized spacial score (nSPS) is 11.7. The van der Waals surface area contributed by atoms with Crippen LogP contribution in [0.3, 0.4) is 0 Å². The maximum atomic E-state index is 2.37. The Kier molecular flexibility index (Phi) is 4.98. The molecule has 0 N–H and O–H groups in total. The smallest absolute Gasteiger partial charge is 0.0541 e. The van der Waals surface area contributed by atoms with Gasteiger partial charge in [-0.05, 0) is 59.0 Å². The van der Waals surface area contributed by atoms with Crippen molar-refractivity contribution in [2.45, 2.75) is 6.92 Å². The average molecular weight is 516 g/mol. The molecule has 0 saturated carbocycles. The third kappa shape index (κ3) is 3.46. The first kappa shape index (κ1) is 22.3. The Labute approximate surface area is 231 Å². The number of hydrogen-bond donors (Lipinski definition) is 0. The van der Waals surface area contributed by atoms with Crippen molar-refractivity contribution in [3.05, 3.63) is 139 Å². The SMILES string of the molecule is Cc1cccc2c1sc1c(-c3ccc(-c4ccc(-n5c6ccccc6c6ccccc65)cc4)cc3)cccc12. The molecule has 8 rings (SSSR count). The number of aryl methyl sites for hydroxylation is 1. The summed E-state index contributed by atoms with van der Waals surface area (Å²) in [5.74, 6) is 0. The van der Waals surface area contributed by atoms with Gasteiger partial charge in [-0.3, -0.25) is 0 Å². The number of thiophene rings is 1. The Hall–Kier alpha value is -4.66. The van der Waals surface area contributed by atoms with Crippen LogP contribution in [0.2, 0.25) is 0 Å². The fourth-order valence-electron chi connectivity index (χ4n) is 6.03. The van der Waals surface area contributed by atoms with Gasteiger partial charge in [0.2, 0.25) is 0 Å². The molecule has 0 atom stereocenters. The zero-order chi connectivity index (χ0) is 25.9. The average Bonchev–Trinajstić information content (AvgIpc) is 3.55. The zero-order valence-electron chi connectivity index (χ0n) is 21.6. The predicted octanol–water partition coefficient (Wildman–Crippen LogP) is 10.8. The summed E-state index contributed by atoms with van der Waals surface area (Å²) in [6.45, 7) is 2.21. The molecule has 0 saturated heterocycles. The van der Waals surface area contributed by atoms with E-state index in [0.717, 1.165) is 0 Å². The van der Waals surface area contributed by atoms with Gasteiger partial charge >= 0.3 is 0 Å². The molecule has 2 aromatic heterocycles. The molecule has 0 fully saturated rings. The molecule has 39 heavy (non-hydrogen) atoms. The monoisotopic (exact) mass is 515 g/mol. The Morgan fingerprint density at radius 1 is 0.436 bits per heavy atom. The largest absolute Gasteiger partial charge is 0.309 e. The van der Waals surface area contributed by atoms with Crippen molar-refractivity contribution in [3.8, 4) is 27.9 Å². The number of benzene rings is 6. The third-order valence-electron chi connectivity index (χ3n) is 7.96. The van der Waals surface area contributed by atoms with Gasteiger partial charge in [-0.25, -0.2) is 0 Å². The van der Waals surface area contributed by atoms with Gasteiger partial charge < -0.3 is 4.57 Å². The summed E-state index contributed by atoms with van der Waals surface area (Å²) in [5.41, 5.74) is 10.0. The summed E-state index contributed by atoms with van der Waals surface area (Å²) in [6, 6.07) is 48.6. The molecule has 0 radical (unpaired) electrons. The molecule has 2 heteroatoms. The Balaban J connectivity index is 1.17. The Morgan fingerprint density at radius 2 is 0.949 bits per heavy atom. The molecule has 2 heterocycles. The number of hydrogen-bond acceptors (Lipinski definition) is 1. The highest BCUT2D eigenvalue weighted by molar-refractivity contribution is 7.26. The van der Waals surface area contributed by atoms with E-state index in [2.05, 4.69) is 145 Å². The van der Waals surface area contributed by atoms with Crippen molar-refractivity contribution in [2.75, 3.05) is 0 Å². The number of rotatable bonds is 3. The highest BCUT2D eigenvalue weighted by Crippen LogP contribution is 2.41. The van der Waals surface area contributed by atoms with Crippen molar-refractivity contribution in [2.24, 2.45) is 0 Å². The molecule has 1 nitrogen and oxygen atoms in total. The van der Waals surface area contributed by atoms with Gasteiger partial charge in [0.05, 0.1) is 11.0 Å². The lowest BCUT2D eigenvalue weighted by molar-refractivity contribution is 1.18. The minimum Gasteiger partial charge on any atom is -0.309 e. The molecule has 0 aliphatic heterocycles. The predicted molar refractivity (Wildman–Crippen MR) is 169 cm³/mol. The molecule has 6 aromatic carbocycles. The summed E-state index contributed by atoms with van der Waals surface area (Å²) in [6.07, 6.45) is 0. The number of fused-ring (bicyclic) bond motifs is 6. The van der Waals surface area contributed by atoms with Crippen LogP contribution in [0, 0.1) is 6.92 Å². The molecular weight excluding hydrogens is 490 g/mol. The van der Waals surface area contributed by atoms with Gasteiger partial charge in [0.1, 0.15) is 0 Å². The van der Waals surface area contributed by atoms with Crippen LogP contribution in [-0.2, 0) is 0 Å². The lowest BCUT2D eigenvalue weighted by Crippen LogP contribution is -1.93. The molecular formula is C37H25NS. The van der Waals surface area contributed by atoms with Crippen LogP contribution in [0.15, 0.2) is 133 Å². The number of nitrogens with zero attached hydrogens (tertiary/aromatic N) is 1. The first-order valence-corrected chi connectivity index (χ1v) is 14.2. The van der Waals surface area contributed by atoms with E-state index in [4.69, 9.17) is 0 Å². The van der Waals surface area contributed by atoms with Crippen LogP contribution >= 0.6 is 11.3 Å². The second kappa shape index (κ2) is 8.69. The second-order valence-electron chi connectivity index (χ2n) is 10.2. The molecule has 0 aliphatic carbocycles. The highest BCUT2D eigenvalue weighted by atomic mass is 32.1. The van der Waals surface area contributed by atoms with E-state index in [1.54, 1.807) is 0 Å². The van der Waals surface area contributed by atoms with E-state index in [0.29, 0.717) is 0 Å². The summed E-state index contributed by atoms with van der Waals surface area (Å²) >= 11 is 1.91. The van der Waals surface area contributed by atoms with Crippen LogP contribution < -0.4 is 0 Å². The van der Waals surface area contributed by atoms with Crippen molar-refractivity contribution >= 4 is 53.3 Å². The van der Waals surface area contributed by atoms with E-state index in [-0.39, 0.29) is 0 Å². The van der Waals surface area contributed by atoms with E-state index in [9.17, 15) is 0 Å². The summed E-state index contributed by atoms with van der Waals surface area (Å²) in [4.78, 5) is 0.